The van der Waals surface area contributed by atoms with Crippen LogP contribution in [-0.2, 0) is 0 Å². The van der Waals surface area contributed by atoms with Gasteiger partial charge in [-0.3, -0.25) is 0 Å². The summed E-state index contributed by atoms with van der Waals surface area (Å²) in [5.74, 6) is -0.200. The SMILES string of the molecule is C=C(Nc1ccc(C)cc1)C(C(=C)C(C)C)C(C(=C)c1ccc(F)cc1)c1ccccc1. The minimum absolute atomic E-state index is 0.0954. The van der Waals surface area contributed by atoms with Crippen LogP contribution >= 0.6 is 0 Å². The lowest BCUT2D eigenvalue weighted by Gasteiger charge is -2.34. The summed E-state index contributed by atoms with van der Waals surface area (Å²) in [6, 6.07) is 25.1. The summed E-state index contributed by atoms with van der Waals surface area (Å²) in [7, 11) is 0. The lowest BCUT2D eigenvalue weighted by atomic mass is 9.72. The third-order valence-corrected chi connectivity index (χ3v) is 5.96. The Kier molecular flexibility index (Phi) is 7.48. The summed E-state index contributed by atoms with van der Waals surface area (Å²) >= 11 is 0. The molecule has 0 aromatic heterocycles. The summed E-state index contributed by atoms with van der Waals surface area (Å²) in [5.41, 5.74) is 7.08. The standard InChI is InChI=1S/C30H32FN/c1-20(2)22(4)29(24(6)32-28-18-12-21(3)13-19-28)30(26-10-8-7-9-11-26)23(5)25-14-16-27(31)17-15-25/h7-20,29-30,32H,4-6H2,1-3H3. The van der Waals surface area contributed by atoms with E-state index in [0.29, 0.717) is 0 Å². The van der Waals surface area contributed by atoms with E-state index in [0.717, 1.165) is 33.7 Å². The van der Waals surface area contributed by atoms with E-state index < -0.39 is 0 Å². The van der Waals surface area contributed by atoms with Gasteiger partial charge in [-0.05, 0) is 53.8 Å². The van der Waals surface area contributed by atoms with Crippen molar-refractivity contribution in [1.82, 2.24) is 0 Å². The van der Waals surface area contributed by atoms with Gasteiger partial charge in [-0.25, -0.2) is 4.39 Å². The van der Waals surface area contributed by atoms with Gasteiger partial charge in [0.15, 0.2) is 0 Å². The highest BCUT2D eigenvalue weighted by Gasteiger charge is 2.32. The molecular weight excluding hydrogens is 393 g/mol. The number of allylic oxidation sites excluding steroid dienone is 2. The van der Waals surface area contributed by atoms with Crippen LogP contribution in [0.2, 0.25) is 0 Å². The molecule has 0 aliphatic heterocycles. The van der Waals surface area contributed by atoms with Gasteiger partial charge in [-0.1, -0.05) is 99.3 Å². The third kappa shape index (κ3) is 5.45. The van der Waals surface area contributed by atoms with Crippen molar-refractivity contribution in [3.05, 3.63) is 132 Å². The van der Waals surface area contributed by atoms with Crippen molar-refractivity contribution in [2.45, 2.75) is 26.7 Å². The van der Waals surface area contributed by atoms with E-state index in [1.807, 2.05) is 18.2 Å². The van der Waals surface area contributed by atoms with Crippen LogP contribution < -0.4 is 5.32 Å². The molecule has 0 amide bonds. The third-order valence-electron chi connectivity index (χ3n) is 5.96. The molecule has 0 heterocycles. The second-order valence-electron chi connectivity index (χ2n) is 8.64. The Morgan fingerprint density at radius 1 is 0.812 bits per heavy atom. The maximum absolute atomic E-state index is 13.6. The number of halogens is 1. The minimum atomic E-state index is -0.258. The highest BCUT2D eigenvalue weighted by Crippen LogP contribution is 2.44. The van der Waals surface area contributed by atoms with Crippen molar-refractivity contribution in [3.63, 3.8) is 0 Å². The Labute approximate surface area is 192 Å². The predicted molar refractivity (Wildman–Crippen MR) is 136 cm³/mol. The summed E-state index contributed by atoms with van der Waals surface area (Å²) in [5, 5.41) is 3.51. The molecule has 0 aliphatic carbocycles. The van der Waals surface area contributed by atoms with Crippen LogP contribution in [0.15, 0.2) is 110 Å². The van der Waals surface area contributed by atoms with Crippen molar-refractivity contribution >= 4 is 11.3 Å². The first-order valence-electron chi connectivity index (χ1n) is 11.0. The number of hydrogen-bond donors (Lipinski definition) is 1. The van der Waals surface area contributed by atoms with Crippen LogP contribution in [0.5, 0.6) is 0 Å². The quantitative estimate of drug-likeness (QED) is 0.339. The van der Waals surface area contributed by atoms with Gasteiger partial charge >= 0.3 is 0 Å². The highest BCUT2D eigenvalue weighted by atomic mass is 19.1. The van der Waals surface area contributed by atoms with Crippen LogP contribution in [0.25, 0.3) is 5.57 Å². The average Bonchev–Trinajstić information content (AvgIpc) is 2.79. The molecule has 2 unspecified atom stereocenters. The van der Waals surface area contributed by atoms with Crippen molar-refractivity contribution in [2.24, 2.45) is 11.8 Å². The number of anilines is 1. The Hall–Kier alpha value is -3.39. The molecule has 0 aliphatic rings. The van der Waals surface area contributed by atoms with E-state index in [-0.39, 0.29) is 23.6 Å². The molecule has 3 aromatic carbocycles. The van der Waals surface area contributed by atoms with Crippen molar-refractivity contribution in [1.29, 1.82) is 0 Å². The molecule has 1 nitrogen and oxygen atoms in total. The first kappa shape index (κ1) is 23.3. The molecular formula is C30H32FN. The zero-order valence-corrected chi connectivity index (χ0v) is 19.2. The number of benzene rings is 3. The molecule has 0 saturated heterocycles. The Morgan fingerprint density at radius 2 is 1.41 bits per heavy atom. The molecule has 0 fully saturated rings. The first-order valence-corrected chi connectivity index (χ1v) is 11.0. The number of rotatable bonds is 9. The molecule has 0 spiro atoms. The van der Waals surface area contributed by atoms with Crippen LogP contribution in [0.3, 0.4) is 0 Å². The minimum Gasteiger partial charge on any atom is -0.359 e. The zero-order chi connectivity index (χ0) is 23.3. The van der Waals surface area contributed by atoms with Crippen LogP contribution in [0.1, 0.15) is 36.5 Å². The molecule has 2 heteroatoms. The maximum Gasteiger partial charge on any atom is 0.123 e. The fourth-order valence-corrected chi connectivity index (χ4v) is 4.00. The van der Waals surface area contributed by atoms with Crippen LogP contribution in [0, 0.1) is 24.6 Å². The largest absolute Gasteiger partial charge is 0.359 e. The monoisotopic (exact) mass is 425 g/mol. The molecule has 2 atom stereocenters. The second-order valence-corrected chi connectivity index (χ2v) is 8.64. The van der Waals surface area contributed by atoms with E-state index in [1.54, 1.807) is 12.1 Å². The van der Waals surface area contributed by atoms with E-state index >= 15 is 0 Å². The highest BCUT2D eigenvalue weighted by molar-refractivity contribution is 5.72. The number of aryl methyl sites for hydroxylation is 1. The summed E-state index contributed by atoms with van der Waals surface area (Å²) in [4.78, 5) is 0. The van der Waals surface area contributed by atoms with E-state index in [2.05, 4.69) is 82.2 Å². The molecule has 164 valence electrons. The average molecular weight is 426 g/mol. The fraction of sp³-hybridized carbons (Fsp3) is 0.200. The fourth-order valence-electron chi connectivity index (χ4n) is 4.00. The second kappa shape index (κ2) is 10.3. The lowest BCUT2D eigenvalue weighted by Crippen LogP contribution is -2.24. The summed E-state index contributed by atoms with van der Waals surface area (Å²) < 4.78 is 13.6. The predicted octanol–water partition coefficient (Wildman–Crippen LogP) is 8.39. The Balaban J connectivity index is 2.07. The molecule has 0 saturated carbocycles. The first-order chi connectivity index (χ1) is 15.3. The van der Waals surface area contributed by atoms with Gasteiger partial charge < -0.3 is 5.32 Å². The molecule has 32 heavy (non-hydrogen) atoms. The van der Waals surface area contributed by atoms with Crippen molar-refractivity contribution < 1.29 is 4.39 Å². The normalized spacial score (nSPS) is 12.8. The van der Waals surface area contributed by atoms with E-state index in [1.165, 1.54) is 17.7 Å². The van der Waals surface area contributed by atoms with Crippen molar-refractivity contribution in [3.8, 4) is 0 Å². The van der Waals surface area contributed by atoms with Gasteiger partial charge in [0.05, 0.1) is 0 Å². The summed E-state index contributed by atoms with van der Waals surface area (Å²) in [6.07, 6.45) is 0. The number of nitrogens with one attached hydrogen (secondary N) is 1. The van der Waals surface area contributed by atoms with Crippen molar-refractivity contribution in [2.75, 3.05) is 5.32 Å². The van der Waals surface area contributed by atoms with Gasteiger partial charge in [0, 0.05) is 23.2 Å². The maximum atomic E-state index is 13.6. The molecule has 0 radical (unpaired) electrons. The van der Waals surface area contributed by atoms with Crippen LogP contribution in [0.4, 0.5) is 10.1 Å². The van der Waals surface area contributed by atoms with Gasteiger partial charge in [-0.2, -0.15) is 0 Å². The van der Waals surface area contributed by atoms with Gasteiger partial charge in [0.1, 0.15) is 5.82 Å². The smallest absolute Gasteiger partial charge is 0.123 e. The Morgan fingerprint density at radius 3 is 1.97 bits per heavy atom. The molecule has 3 rings (SSSR count). The van der Waals surface area contributed by atoms with Crippen LogP contribution in [-0.4, -0.2) is 0 Å². The zero-order valence-electron chi connectivity index (χ0n) is 19.2. The van der Waals surface area contributed by atoms with Gasteiger partial charge in [-0.15, -0.1) is 0 Å². The van der Waals surface area contributed by atoms with E-state index in [9.17, 15) is 4.39 Å². The molecule has 1 N–H and O–H groups in total. The molecule has 0 bridgehead atoms. The molecule has 3 aromatic rings. The topological polar surface area (TPSA) is 12.0 Å². The van der Waals surface area contributed by atoms with E-state index in [4.69, 9.17) is 0 Å². The Bertz CT molecular complexity index is 1080. The number of hydrogen-bond acceptors (Lipinski definition) is 1. The van der Waals surface area contributed by atoms with Gasteiger partial charge in [0.25, 0.3) is 0 Å². The summed E-state index contributed by atoms with van der Waals surface area (Å²) in [6.45, 7) is 19.7. The van der Waals surface area contributed by atoms with Gasteiger partial charge in [0.2, 0.25) is 0 Å². The lowest BCUT2D eigenvalue weighted by molar-refractivity contribution is 0.573.